The van der Waals surface area contributed by atoms with E-state index in [1.54, 1.807) is 25.3 Å². The average molecular weight is 508 g/mol. The molecule has 2 aromatic heterocycles. The Labute approximate surface area is 210 Å². The van der Waals surface area contributed by atoms with E-state index in [0.29, 0.717) is 29.9 Å². The number of amides is 1. The Morgan fingerprint density at radius 3 is 2.57 bits per heavy atom. The van der Waals surface area contributed by atoms with E-state index in [0.717, 1.165) is 25.0 Å². The second-order valence-electron chi connectivity index (χ2n) is 8.22. The molecule has 1 N–H and O–H groups in total. The molecule has 0 unspecified atom stereocenters. The van der Waals surface area contributed by atoms with E-state index in [1.807, 2.05) is 0 Å². The Hall–Kier alpha value is -4.38. The number of benzene rings is 2. The number of pyridine rings is 1. The molecular weight excluding hydrogens is 486 g/mol. The fraction of sp³-hybridized carbons (Fsp3) is 0.231. The Morgan fingerprint density at radius 2 is 1.81 bits per heavy atom. The number of anilines is 1. The second-order valence-corrected chi connectivity index (χ2v) is 8.22. The molecule has 1 saturated carbocycles. The summed E-state index contributed by atoms with van der Waals surface area (Å²) in [4.78, 5) is 17.0. The van der Waals surface area contributed by atoms with Crippen LogP contribution in [0.25, 0.3) is 10.9 Å². The number of hydrogen-bond acceptors (Lipinski definition) is 8. The van der Waals surface area contributed by atoms with Crippen LogP contribution in [-0.2, 0) is 4.74 Å². The van der Waals surface area contributed by atoms with Gasteiger partial charge in [0.1, 0.15) is 18.1 Å². The number of hydrogen-bond donors (Lipinski definition) is 1. The molecule has 1 aliphatic carbocycles. The zero-order chi connectivity index (χ0) is 25.8. The number of nitrogens with one attached hydrogen (secondary N) is 1. The molecule has 1 aliphatic rings. The molecule has 0 radical (unpaired) electrons. The van der Waals surface area contributed by atoms with Crippen molar-refractivity contribution in [2.24, 2.45) is 0 Å². The summed E-state index contributed by atoms with van der Waals surface area (Å²) < 4.78 is 51.7. The summed E-state index contributed by atoms with van der Waals surface area (Å²) in [5, 5.41) is 10.5. The Balaban J connectivity index is 1.34. The SMILES string of the molecule is COCCOc1ccc2c(Oc3c(F)cc(NC(=O)c4nnccc4OC4CC4)cc3F)ccnc2c1. The maximum atomic E-state index is 14.9. The smallest absolute Gasteiger partial charge is 0.280 e. The summed E-state index contributed by atoms with van der Waals surface area (Å²) in [6.45, 7) is 0.793. The minimum atomic E-state index is -1.01. The van der Waals surface area contributed by atoms with Crippen LogP contribution in [0.1, 0.15) is 23.3 Å². The summed E-state index contributed by atoms with van der Waals surface area (Å²) in [7, 11) is 1.58. The lowest BCUT2D eigenvalue weighted by atomic mass is 10.2. The van der Waals surface area contributed by atoms with Gasteiger partial charge in [-0.05, 0) is 31.0 Å². The summed E-state index contributed by atoms with van der Waals surface area (Å²) in [6, 6.07) is 10.0. The maximum absolute atomic E-state index is 14.9. The number of fused-ring (bicyclic) bond motifs is 1. The number of ether oxygens (including phenoxy) is 4. The molecule has 0 saturated heterocycles. The highest BCUT2D eigenvalue weighted by atomic mass is 19.1. The average Bonchev–Trinajstić information content (AvgIpc) is 3.71. The van der Waals surface area contributed by atoms with E-state index in [-0.39, 0.29) is 29.0 Å². The van der Waals surface area contributed by atoms with Crippen molar-refractivity contribution in [1.82, 2.24) is 15.2 Å². The molecule has 5 rings (SSSR count). The van der Waals surface area contributed by atoms with E-state index >= 15 is 0 Å². The first-order valence-electron chi connectivity index (χ1n) is 11.5. The molecule has 2 aromatic carbocycles. The highest BCUT2D eigenvalue weighted by molar-refractivity contribution is 6.04. The van der Waals surface area contributed by atoms with Gasteiger partial charge in [-0.2, -0.15) is 5.10 Å². The van der Waals surface area contributed by atoms with Crippen LogP contribution in [0.15, 0.2) is 54.9 Å². The molecule has 2 heterocycles. The fourth-order valence-electron chi connectivity index (χ4n) is 3.49. The van der Waals surface area contributed by atoms with Gasteiger partial charge in [0.25, 0.3) is 5.91 Å². The second kappa shape index (κ2) is 10.7. The van der Waals surface area contributed by atoms with Crippen molar-refractivity contribution in [3.05, 3.63) is 72.2 Å². The molecular formula is C26H22F2N4O5. The Bertz CT molecular complexity index is 1420. The molecule has 190 valence electrons. The first-order valence-corrected chi connectivity index (χ1v) is 11.5. The first kappa shape index (κ1) is 24.3. The van der Waals surface area contributed by atoms with Gasteiger partial charge >= 0.3 is 0 Å². The third-order valence-corrected chi connectivity index (χ3v) is 5.42. The number of halogens is 2. The van der Waals surface area contributed by atoms with E-state index < -0.39 is 23.3 Å². The third-order valence-electron chi connectivity index (χ3n) is 5.42. The van der Waals surface area contributed by atoms with Crippen LogP contribution in [-0.4, -0.2) is 47.5 Å². The largest absolute Gasteiger partial charge is 0.491 e. The van der Waals surface area contributed by atoms with Crippen molar-refractivity contribution in [2.75, 3.05) is 25.6 Å². The fourth-order valence-corrected chi connectivity index (χ4v) is 3.49. The molecule has 1 fully saturated rings. The van der Waals surface area contributed by atoms with Gasteiger partial charge in [-0.25, -0.2) is 8.78 Å². The minimum absolute atomic E-state index is 0.0288. The molecule has 1 amide bonds. The minimum Gasteiger partial charge on any atom is -0.491 e. The van der Waals surface area contributed by atoms with Crippen molar-refractivity contribution in [2.45, 2.75) is 18.9 Å². The van der Waals surface area contributed by atoms with E-state index in [1.165, 1.54) is 24.5 Å². The Morgan fingerprint density at radius 1 is 1.03 bits per heavy atom. The number of methoxy groups -OCH3 is 1. The molecule has 0 bridgehead atoms. The number of aromatic nitrogens is 3. The van der Waals surface area contributed by atoms with Crippen LogP contribution in [0.3, 0.4) is 0 Å². The highest BCUT2D eigenvalue weighted by Gasteiger charge is 2.27. The Kier molecular flexibility index (Phi) is 7.04. The zero-order valence-electron chi connectivity index (χ0n) is 19.7. The molecule has 9 nitrogen and oxygen atoms in total. The molecule has 4 aromatic rings. The van der Waals surface area contributed by atoms with Crippen LogP contribution in [0.4, 0.5) is 14.5 Å². The van der Waals surface area contributed by atoms with Crippen molar-refractivity contribution in [3.8, 4) is 23.0 Å². The summed E-state index contributed by atoms with van der Waals surface area (Å²) in [5.41, 5.74) is 0.322. The first-order chi connectivity index (χ1) is 18.0. The van der Waals surface area contributed by atoms with E-state index in [2.05, 4.69) is 20.5 Å². The van der Waals surface area contributed by atoms with Crippen LogP contribution >= 0.6 is 0 Å². The van der Waals surface area contributed by atoms with Crippen molar-refractivity contribution in [1.29, 1.82) is 0 Å². The molecule has 11 heteroatoms. The van der Waals surface area contributed by atoms with Crippen molar-refractivity contribution in [3.63, 3.8) is 0 Å². The van der Waals surface area contributed by atoms with Gasteiger partial charge in [-0.1, -0.05) is 0 Å². The highest BCUT2D eigenvalue weighted by Crippen LogP contribution is 2.35. The molecule has 37 heavy (non-hydrogen) atoms. The number of carbonyl (C=O) groups is 1. The quantitative estimate of drug-likeness (QED) is 0.301. The maximum Gasteiger partial charge on any atom is 0.280 e. The van der Waals surface area contributed by atoms with Gasteiger partial charge in [0.15, 0.2) is 28.8 Å². The third kappa shape index (κ3) is 5.72. The van der Waals surface area contributed by atoms with Gasteiger partial charge in [0.05, 0.1) is 24.4 Å². The summed E-state index contributed by atoms with van der Waals surface area (Å²) in [5.74, 6) is -2.32. The lowest BCUT2D eigenvalue weighted by Gasteiger charge is -2.13. The van der Waals surface area contributed by atoms with Crippen LogP contribution < -0.4 is 19.5 Å². The lowest BCUT2D eigenvalue weighted by Crippen LogP contribution is -2.17. The summed E-state index contributed by atoms with van der Waals surface area (Å²) >= 11 is 0. The van der Waals surface area contributed by atoms with E-state index in [4.69, 9.17) is 18.9 Å². The number of nitrogens with zero attached hydrogens (tertiary/aromatic N) is 3. The normalized spacial score (nSPS) is 12.8. The van der Waals surface area contributed by atoms with Gasteiger partial charge in [-0.3, -0.25) is 9.78 Å². The predicted octanol–water partition coefficient (Wildman–Crippen LogP) is 4.91. The predicted molar refractivity (Wildman–Crippen MR) is 129 cm³/mol. The van der Waals surface area contributed by atoms with Gasteiger partial charge in [0.2, 0.25) is 0 Å². The van der Waals surface area contributed by atoms with Gasteiger partial charge in [0, 0.05) is 48.6 Å². The van der Waals surface area contributed by atoms with Gasteiger partial charge < -0.3 is 24.3 Å². The van der Waals surface area contributed by atoms with Crippen LogP contribution in [0.2, 0.25) is 0 Å². The van der Waals surface area contributed by atoms with Crippen molar-refractivity contribution >= 4 is 22.5 Å². The lowest BCUT2D eigenvalue weighted by molar-refractivity contribution is 0.101. The van der Waals surface area contributed by atoms with Crippen LogP contribution in [0.5, 0.6) is 23.0 Å². The molecule has 0 spiro atoms. The molecule has 0 atom stereocenters. The summed E-state index contributed by atoms with van der Waals surface area (Å²) in [6.07, 6.45) is 4.66. The number of rotatable bonds is 10. The topological polar surface area (TPSA) is 105 Å². The van der Waals surface area contributed by atoms with E-state index in [9.17, 15) is 13.6 Å². The molecule has 0 aliphatic heterocycles. The van der Waals surface area contributed by atoms with Gasteiger partial charge in [-0.15, -0.1) is 5.10 Å². The number of carbonyl (C=O) groups excluding carboxylic acids is 1. The standard InChI is InChI=1S/C26H22F2N4O5/c1-34-10-11-35-17-4-5-18-21(14-17)29-8-6-22(18)37-25-19(27)12-15(13-20(25)28)31-26(33)24-23(7-9-30-32-24)36-16-2-3-16/h4-9,12-14,16H,2-3,10-11H2,1H3,(H,31,33). The van der Waals surface area contributed by atoms with Crippen LogP contribution in [0, 0.1) is 11.6 Å². The van der Waals surface area contributed by atoms with Crippen molar-refractivity contribution < 1.29 is 32.5 Å². The monoisotopic (exact) mass is 508 g/mol. The zero-order valence-corrected chi connectivity index (χ0v) is 19.7.